The monoisotopic (exact) mass is 448 g/mol. The molecule has 2 heterocycles. The summed E-state index contributed by atoms with van der Waals surface area (Å²) in [6.45, 7) is 6.77. The minimum atomic E-state index is -0.491. The number of pyridine rings is 2. The minimum Gasteiger partial charge on any atom is -0.444 e. The van der Waals surface area contributed by atoms with Crippen LogP contribution in [-0.2, 0) is 17.8 Å². The second-order valence-corrected chi connectivity index (χ2v) is 8.83. The zero-order chi connectivity index (χ0) is 23.7. The molecule has 0 fully saturated rings. The first kappa shape index (κ1) is 24.2. The van der Waals surface area contributed by atoms with Crippen LogP contribution >= 0.6 is 0 Å². The molecular formula is C26H32N4O3. The molecule has 1 aromatic carbocycles. The Balaban J connectivity index is 1.49. The predicted molar refractivity (Wildman–Crippen MR) is 130 cm³/mol. The van der Waals surface area contributed by atoms with Crippen molar-refractivity contribution in [1.29, 1.82) is 0 Å². The quantitative estimate of drug-likeness (QED) is 0.416. The van der Waals surface area contributed by atoms with Crippen LogP contribution in [0.3, 0.4) is 0 Å². The summed E-state index contributed by atoms with van der Waals surface area (Å²) in [6, 6.07) is 15.9. The summed E-state index contributed by atoms with van der Waals surface area (Å²) < 4.78 is 5.21. The third-order valence-corrected chi connectivity index (χ3v) is 4.80. The van der Waals surface area contributed by atoms with E-state index in [0.29, 0.717) is 19.5 Å². The molecule has 2 aromatic heterocycles. The van der Waals surface area contributed by atoms with Crippen molar-refractivity contribution in [2.45, 2.75) is 45.8 Å². The normalized spacial score (nSPS) is 11.2. The first-order valence-electron chi connectivity index (χ1n) is 11.1. The number of anilines is 1. The van der Waals surface area contributed by atoms with Gasteiger partial charge in [-0.15, -0.1) is 0 Å². The minimum absolute atomic E-state index is 0.0353. The number of alkyl carbamates (subject to hydrolysis) is 1. The highest BCUT2D eigenvalue weighted by Gasteiger charge is 2.15. The number of nitrogens with one attached hydrogen (secondary N) is 2. The number of aromatic nitrogens is 2. The molecule has 0 spiro atoms. The van der Waals surface area contributed by atoms with Gasteiger partial charge in [0.1, 0.15) is 11.4 Å². The first-order chi connectivity index (χ1) is 15.8. The number of ether oxygens (including phenoxy) is 1. The molecule has 174 valence electrons. The van der Waals surface area contributed by atoms with E-state index in [2.05, 4.69) is 26.7 Å². The van der Waals surface area contributed by atoms with Crippen LogP contribution in [0, 0.1) is 0 Å². The van der Waals surface area contributed by atoms with E-state index < -0.39 is 11.7 Å². The average molecular weight is 449 g/mol. The molecular weight excluding hydrogens is 416 g/mol. The fraction of sp³-hybridized carbons (Fsp3) is 0.346. The van der Waals surface area contributed by atoms with Gasteiger partial charge in [-0.1, -0.05) is 24.3 Å². The Morgan fingerprint density at radius 1 is 1.00 bits per heavy atom. The number of carbonyl (C=O) groups excluding carboxylic acids is 1. The second-order valence-electron chi connectivity index (χ2n) is 8.83. The second kappa shape index (κ2) is 11.4. The van der Waals surface area contributed by atoms with E-state index in [1.165, 1.54) is 0 Å². The Hall–Kier alpha value is -3.45. The molecule has 7 nitrogen and oxygen atoms in total. The van der Waals surface area contributed by atoms with Crippen molar-refractivity contribution in [2.24, 2.45) is 0 Å². The lowest BCUT2D eigenvalue weighted by molar-refractivity contribution is 0.0528. The zero-order valence-electron chi connectivity index (χ0n) is 19.5. The van der Waals surface area contributed by atoms with E-state index in [4.69, 9.17) is 4.74 Å². The summed E-state index contributed by atoms with van der Waals surface area (Å²) in [5.41, 5.74) is 4.55. The summed E-state index contributed by atoms with van der Waals surface area (Å²) in [5, 5.41) is 15.3. The number of amides is 1. The maximum absolute atomic E-state index is 11.6. The lowest BCUT2D eigenvalue weighted by Gasteiger charge is -2.19. The smallest absolute Gasteiger partial charge is 0.407 e. The van der Waals surface area contributed by atoms with Gasteiger partial charge in [-0.3, -0.25) is 4.98 Å². The highest BCUT2D eigenvalue weighted by molar-refractivity contribution is 5.67. The van der Waals surface area contributed by atoms with Gasteiger partial charge in [0, 0.05) is 43.2 Å². The number of benzene rings is 1. The summed E-state index contributed by atoms with van der Waals surface area (Å²) in [4.78, 5) is 20.6. The topological polar surface area (TPSA) is 96.4 Å². The summed E-state index contributed by atoms with van der Waals surface area (Å²) in [7, 11) is 0. The lowest BCUT2D eigenvalue weighted by Crippen LogP contribution is -2.33. The van der Waals surface area contributed by atoms with Gasteiger partial charge in [0.2, 0.25) is 0 Å². The van der Waals surface area contributed by atoms with Crippen LogP contribution in [0.5, 0.6) is 0 Å². The van der Waals surface area contributed by atoms with Crippen LogP contribution in [0.2, 0.25) is 0 Å². The van der Waals surface area contributed by atoms with Crippen LogP contribution in [0.25, 0.3) is 11.1 Å². The van der Waals surface area contributed by atoms with E-state index in [9.17, 15) is 9.90 Å². The van der Waals surface area contributed by atoms with E-state index in [1.54, 1.807) is 0 Å². The third-order valence-electron chi connectivity index (χ3n) is 4.80. The molecule has 0 unspecified atom stereocenters. The molecule has 0 aliphatic heterocycles. The van der Waals surface area contributed by atoms with Crippen molar-refractivity contribution in [2.75, 3.05) is 18.4 Å². The fourth-order valence-electron chi connectivity index (χ4n) is 3.28. The van der Waals surface area contributed by atoms with Gasteiger partial charge in [0.15, 0.2) is 0 Å². The zero-order valence-corrected chi connectivity index (χ0v) is 19.5. The number of carbonyl (C=O) groups is 1. The maximum Gasteiger partial charge on any atom is 0.407 e. The Labute approximate surface area is 195 Å². The molecule has 3 N–H and O–H groups in total. The molecule has 0 saturated heterocycles. The van der Waals surface area contributed by atoms with E-state index in [1.807, 2.05) is 75.6 Å². The highest BCUT2D eigenvalue weighted by Crippen LogP contribution is 2.21. The first-order valence-corrected chi connectivity index (χ1v) is 11.1. The van der Waals surface area contributed by atoms with Crippen molar-refractivity contribution in [3.05, 3.63) is 77.7 Å². The van der Waals surface area contributed by atoms with Gasteiger partial charge < -0.3 is 20.5 Å². The van der Waals surface area contributed by atoms with Crippen LogP contribution in [0.15, 0.2) is 60.9 Å². The molecule has 7 heteroatoms. The van der Waals surface area contributed by atoms with Crippen molar-refractivity contribution < 1.29 is 14.6 Å². The van der Waals surface area contributed by atoms with Gasteiger partial charge in [-0.2, -0.15) is 0 Å². The number of hydrogen-bond acceptors (Lipinski definition) is 6. The van der Waals surface area contributed by atoms with Gasteiger partial charge in [0.25, 0.3) is 0 Å². The number of aliphatic hydroxyl groups excluding tert-OH is 1. The molecule has 0 radical (unpaired) electrons. The van der Waals surface area contributed by atoms with Gasteiger partial charge in [0.05, 0.1) is 6.61 Å². The number of aliphatic hydroxyl groups is 1. The molecule has 0 saturated carbocycles. The molecule has 0 bridgehead atoms. The Morgan fingerprint density at radius 3 is 2.55 bits per heavy atom. The largest absolute Gasteiger partial charge is 0.444 e. The summed E-state index contributed by atoms with van der Waals surface area (Å²) in [6.07, 6.45) is 4.71. The van der Waals surface area contributed by atoms with Crippen LogP contribution in [0.4, 0.5) is 10.6 Å². The highest BCUT2D eigenvalue weighted by atomic mass is 16.6. The molecule has 0 aliphatic rings. The number of hydrogen-bond donors (Lipinski definition) is 3. The molecule has 33 heavy (non-hydrogen) atoms. The van der Waals surface area contributed by atoms with Gasteiger partial charge in [-0.25, -0.2) is 9.78 Å². The molecule has 1 amide bonds. The molecule has 0 atom stereocenters. The van der Waals surface area contributed by atoms with Crippen molar-refractivity contribution in [3.8, 4) is 11.1 Å². The van der Waals surface area contributed by atoms with E-state index in [-0.39, 0.29) is 6.61 Å². The van der Waals surface area contributed by atoms with Crippen molar-refractivity contribution in [3.63, 3.8) is 0 Å². The molecule has 3 rings (SSSR count). The van der Waals surface area contributed by atoms with Crippen molar-refractivity contribution in [1.82, 2.24) is 15.3 Å². The average Bonchev–Trinajstić information content (AvgIpc) is 2.78. The Morgan fingerprint density at radius 2 is 1.82 bits per heavy atom. The van der Waals surface area contributed by atoms with E-state index in [0.717, 1.165) is 40.2 Å². The number of rotatable bonds is 9. The van der Waals surface area contributed by atoms with Gasteiger partial charge >= 0.3 is 6.09 Å². The number of nitrogens with zero attached hydrogens (tertiary/aromatic N) is 2. The lowest BCUT2D eigenvalue weighted by atomic mass is 10.0. The maximum atomic E-state index is 11.6. The van der Waals surface area contributed by atoms with E-state index >= 15 is 0 Å². The predicted octanol–water partition coefficient (Wildman–Crippen LogP) is 4.55. The standard InChI is InChI=1S/C26H32N4O3/c1-26(2,3)33-25(32)29-12-5-11-28-24-9-8-22(17-30-24)21-10-13-27-23(16-21)15-19-6-4-7-20(14-19)18-31/h4,6-10,13-14,16-17,31H,5,11-12,15,18H2,1-3H3,(H,28,30)(H,29,32). The molecule has 0 aliphatic carbocycles. The summed E-state index contributed by atoms with van der Waals surface area (Å²) in [5.74, 6) is 0.783. The van der Waals surface area contributed by atoms with Crippen LogP contribution < -0.4 is 10.6 Å². The van der Waals surface area contributed by atoms with Gasteiger partial charge in [-0.05, 0) is 68.1 Å². The SMILES string of the molecule is CC(C)(C)OC(=O)NCCCNc1ccc(-c2ccnc(Cc3cccc(CO)c3)c2)cn1. The van der Waals surface area contributed by atoms with Crippen LogP contribution in [0.1, 0.15) is 44.0 Å². The molecule has 3 aromatic rings. The van der Waals surface area contributed by atoms with Crippen LogP contribution in [-0.4, -0.2) is 39.9 Å². The third kappa shape index (κ3) is 8.20. The Bertz CT molecular complexity index is 1050. The Kier molecular flexibility index (Phi) is 8.38. The summed E-state index contributed by atoms with van der Waals surface area (Å²) >= 11 is 0. The van der Waals surface area contributed by atoms with Crippen molar-refractivity contribution >= 4 is 11.9 Å². The fourth-order valence-corrected chi connectivity index (χ4v) is 3.28.